The lowest BCUT2D eigenvalue weighted by Crippen LogP contribution is -2.50. The lowest BCUT2D eigenvalue weighted by Gasteiger charge is -2.36. The van der Waals surface area contributed by atoms with Crippen molar-refractivity contribution in [3.8, 4) is 0 Å². The van der Waals surface area contributed by atoms with Crippen LogP contribution in [0.1, 0.15) is 62.3 Å². The van der Waals surface area contributed by atoms with Crippen LogP contribution in [0.3, 0.4) is 0 Å². The predicted molar refractivity (Wildman–Crippen MR) is 107 cm³/mol. The minimum Gasteiger partial charge on any atom is -0.300 e. The zero-order valence-electron chi connectivity index (χ0n) is 16.0. The first-order chi connectivity index (χ1) is 12.4. The van der Waals surface area contributed by atoms with Gasteiger partial charge in [-0.1, -0.05) is 74.7 Å². The Kier molecular flexibility index (Phi) is 5.54. The minimum absolute atomic E-state index is 0.111. The third-order valence-electron chi connectivity index (χ3n) is 5.55. The molecule has 0 saturated carbocycles. The van der Waals surface area contributed by atoms with Crippen molar-refractivity contribution < 1.29 is 8.42 Å². The Morgan fingerprint density at radius 1 is 1.12 bits per heavy atom. The van der Waals surface area contributed by atoms with Gasteiger partial charge in [0.05, 0.1) is 16.7 Å². The van der Waals surface area contributed by atoms with Gasteiger partial charge in [-0.2, -0.15) is 0 Å². The van der Waals surface area contributed by atoms with Crippen molar-refractivity contribution in [2.75, 3.05) is 5.75 Å². The lowest BCUT2D eigenvalue weighted by atomic mass is 9.88. The standard InChI is InChI=1S/C22H29NO2S/c1-4-6-14-22(5-2)16-26(24,25)20-13-12-17(3)15-19(20)21(23-22)18-10-8-7-9-11-18/h7-13,15,21,23H,4-6,14,16H2,1-3H3/t21-,22-/m1/s1. The maximum absolute atomic E-state index is 13.3. The van der Waals surface area contributed by atoms with Gasteiger partial charge in [-0.15, -0.1) is 0 Å². The molecule has 0 aliphatic carbocycles. The topological polar surface area (TPSA) is 46.2 Å². The van der Waals surface area contributed by atoms with E-state index in [0.717, 1.165) is 42.4 Å². The summed E-state index contributed by atoms with van der Waals surface area (Å²) in [7, 11) is -3.35. The van der Waals surface area contributed by atoms with Crippen LogP contribution in [-0.2, 0) is 9.84 Å². The maximum atomic E-state index is 13.3. The summed E-state index contributed by atoms with van der Waals surface area (Å²) in [5.74, 6) is 0.163. The molecular formula is C22H29NO2S. The molecule has 1 heterocycles. The SMILES string of the molecule is CCCC[C@]1(CC)CS(=O)(=O)c2ccc(C)cc2[C@@H](c2ccccc2)N1. The Hall–Kier alpha value is -1.65. The van der Waals surface area contributed by atoms with Crippen molar-refractivity contribution in [3.63, 3.8) is 0 Å². The quantitative estimate of drug-likeness (QED) is 0.821. The number of nitrogens with one attached hydrogen (secondary N) is 1. The zero-order valence-corrected chi connectivity index (χ0v) is 16.8. The molecule has 0 unspecified atom stereocenters. The number of unbranched alkanes of at least 4 members (excludes halogenated alkanes) is 1. The molecule has 0 fully saturated rings. The number of hydrogen-bond donors (Lipinski definition) is 1. The monoisotopic (exact) mass is 371 g/mol. The zero-order chi connectivity index (χ0) is 18.8. The van der Waals surface area contributed by atoms with E-state index >= 15 is 0 Å². The molecule has 26 heavy (non-hydrogen) atoms. The number of rotatable bonds is 5. The highest BCUT2D eigenvalue weighted by atomic mass is 32.2. The summed E-state index contributed by atoms with van der Waals surface area (Å²) in [6.45, 7) is 6.27. The van der Waals surface area contributed by atoms with Gasteiger partial charge < -0.3 is 0 Å². The van der Waals surface area contributed by atoms with Crippen molar-refractivity contribution in [2.45, 2.75) is 62.9 Å². The fraction of sp³-hybridized carbons (Fsp3) is 0.455. The molecule has 1 aliphatic rings. The van der Waals surface area contributed by atoms with Gasteiger partial charge in [-0.05, 0) is 37.0 Å². The second kappa shape index (κ2) is 7.53. The highest BCUT2D eigenvalue weighted by molar-refractivity contribution is 7.91. The molecule has 1 aliphatic heterocycles. The second-order valence-electron chi connectivity index (χ2n) is 7.53. The van der Waals surface area contributed by atoms with Crippen molar-refractivity contribution >= 4 is 9.84 Å². The van der Waals surface area contributed by atoms with Gasteiger partial charge >= 0.3 is 0 Å². The van der Waals surface area contributed by atoms with Gasteiger partial charge in [0.2, 0.25) is 0 Å². The number of hydrogen-bond acceptors (Lipinski definition) is 3. The average molecular weight is 372 g/mol. The molecule has 140 valence electrons. The minimum atomic E-state index is -3.35. The highest BCUT2D eigenvalue weighted by Gasteiger charge is 2.41. The normalized spacial score (nSPS) is 24.7. The third kappa shape index (κ3) is 3.72. The first kappa shape index (κ1) is 19.1. The van der Waals surface area contributed by atoms with Crippen molar-refractivity contribution in [3.05, 3.63) is 65.2 Å². The molecule has 2 aromatic carbocycles. The molecule has 3 nitrogen and oxygen atoms in total. The molecular weight excluding hydrogens is 342 g/mol. The van der Waals surface area contributed by atoms with Crippen LogP contribution in [0.5, 0.6) is 0 Å². The molecule has 1 N–H and O–H groups in total. The maximum Gasteiger partial charge on any atom is 0.180 e. The van der Waals surface area contributed by atoms with E-state index in [1.807, 2.05) is 37.3 Å². The molecule has 0 radical (unpaired) electrons. The summed E-state index contributed by atoms with van der Waals surface area (Å²) in [4.78, 5) is 0.483. The number of fused-ring (bicyclic) bond motifs is 1. The van der Waals surface area contributed by atoms with E-state index in [-0.39, 0.29) is 11.8 Å². The van der Waals surface area contributed by atoms with Crippen LogP contribution in [0.2, 0.25) is 0 Å². The molecule has 0 aromatic heterocycles. The molecule has 0 spiro atoms. The Labute approximate surface area is 157 Å². The van der Waals surface area contributed by atoms with Crippen LogP contribution in [-0.4, -0.2) is 19.7 Å². The second-order valence-corrected chi connectivity index (χ2v) is 9.48. The summed E-state index contributed by atoms with van der Waals surface area (Å²) in [6, 6.07) is 15.8. The molecule has 3 rings (SSSR count). The van der Waals surface area contributed by atoms with Crippen LogP contribution in [0.25, 0.3) is 0 Å². The van der Waals surface area contributed by atoms with E-state index in [0.29, 0.717) is 4.90 Å². The van der Waals surface area contributed by atoms with E-state index < -0.39 is 15.4 Å². The van der Waals surface area contributed by atoms with Gasteiger partial charge in [-0.3, -0.25) is 5.32 Å². The average Bonchev–Trinajstić information content (AvgIpc) is 2.73. The predicted octanol–water partition coefficient (Wildman–Crippen LogP) is 4.80. The first-order valence-corrected chi connectivity index (χ1v) is 11.2. The number of aryl methyl sites for hydroxylation is 1. The number of sulfone groups is 1. The lowest BCUT2D eigenvalue weighted by molar-refractivity contribution is 0.295. The van der Waals surface area contributed by atoms with E-state index in [1.54, 1.807) is 6.07 Å². The summed E-state index contributed by atoms with van der Waals surface area (Å²) in [5, 5.41) is 3.79. The van der Waals surface area contributed by atoms with Crippen LogP contribution in [0, 0.1) is 6.92 Å². The Bertz CT molecular complexity index is 861. The third-order valence-corrected chi connectivity index (χ3v) is 7.52. The highest BCUT2D eigenvalue weighted by Crippen LogP contribution is 2.38. The fourth-order valence-corrected chi connectivity index (χ4v) is 6.12. The number of benzene rings is 2. The van der Waals surface area contributed by atoms with Gasteiger partial charge in [0, 0.05) is 5.54 Å². The van der Waals surface area contributed by atoms with Crippen LogP contribution < -0.4 is 5.32 Å². The molecule has 0 bridgehead atoms. The Balaban J connectivity index is 2.21. The Morgan fingerprint density at radius 3 is 2.50 bits per heavy atom. The van der Waals surface area contributed by atoms with Gasteiger partial charge in [0.15, 0.2) is 9.84 Å². The molecule has 0 amide bonds. The molecule has 0 saturated heterocycles. The smallest absolute Gasteiger partial charge is 0.180 e. The van der Waals surface area contributed by atoms with E-state index in [2.05, 4.69) is 31.3 Å². The molecule has 2 atom stereocenters. The van der Waals surface area contributed by atoms with E-state index in [1.165, 1.54) is 0 Å². The van der Waals surface area contributed by atoms with Crippen LogP contribution in [0.15, 0.2) is 53.4 Å². The van der Waals surface area contributed by atoms with Gasteiger partial charge in [0.1, 0.15) is 0 Å². The first-order valence-electron chi connectivity index (χ1n) is 9.57. The van der Waals surface area contributed by atoms with Gasteiger partial charge in [0.25, 0.3) is 0 Å². The fourth-order valence-electron chi connectivity index (χ4n) is 3.99. The van der Waals surface area contributed by atoms with E-state index in [9.17, 15) is 8.42 Å². The summed E-state index contributed by atoms with van der Waals surface area (Å²) >= 11 is 0. The largest absolute Gasteiger partial charge is 0.300 e. The summed E-state index contributed by atoms with van der Waals surface area (Å²) in [5.41, 5.74) is 2.68. The van der Waals surface area contributed by atoms with Crippen LogP contribution >= 0.6 is 0 Å². The van der Waals surface area contributed by atoms with Gasteiger partial charge in [-0.25, -0.2) is 8.42 Å². The van der Waals surface area contributed by atoms with Crippen LogP contribution in [0.4, 0.5) is 0 Å². The van der Waals surface area contributed by atoms with Crippen molar-refractivity contribution in [1.29, 1.82) is 0 Å². The molecule has 2 aromatic rings. The summed E-state index contributed by atoms with van der Waals surface area (Å²) in [6.07, 6.45) is 3.75. The Morgan fingerprint density at radius 2 is 1.85 bits per heavy atom. The molecule has 4 heteroatoms. The van der Waals surface area contributed by atoms with Crippen molar-refractivity contribution in [2.24, 2.45) is 0 Å². The van der Waals surface area contributed by atoms with E-state index in [4.69, 9.17) is 0 Å². The van der Waals surface area contributed by atoms with Crippen molar-refractivity contribution in [1.82, 2.24) is 5.32 Å². The summed E-state index contributed by atoms with van der Waals surface area (Å²) < 4.78 is 26.6.